The lowest BCUT2D eigenvalue weighted by molar-refractivity contribution is 0.115. The molecular weight excluding hydrogens is 292 g/mol. The molecule has 0 aliphatic carbocycles. The average Bonchev–Trinajstić information content (AvgIpc) is 3.01. The highest BCUT2D eigenvalue weighted by Gasteiger charge is 2.25. The minimum Gasteiger partial charge on any atom is -0.394 e. The number of amides is 2. The van der Waals surface area contributed by atoms with Crippen molar-refractivity contribution in [3.8, 4) is 5.69 Å². The van der Waals surface area contributed by atoms with Gasteiger partial charge in [-0.2, -0.15) is 0 Å². The molecule has 0 saturated carbocycles. The number of carbonyl (C=O) groups is 1. The third-order valence-corrected chi connectivity index (χ3v) is 4.32. The predicted molar refractivity (Wildman–Crippen MR) is 88.8 cm³/mol. The van der Waals surface area contributed by atoms with Crippen LogP contribution in [0.5, 0.6) is 0 Å². The van der Waals surface area contributed by atoms with Crippen LogP contribution in [-0.4, -0.2) is 44.8 Å². The number of nitrogens with one attached hydrogen (secondary N) is 1. The Morgan fingerprint density at radius 2 is 2.13 bits per heavy atom. The number of aliphatic hydroxyl groups is 1. The highest BCUT2D eigenvalue weighted by atomic mass is 16.3. The molecule has 1 aromatic heterocycles. The van der Waals surface area contributed by atoms with Crippen LogP contribution in [0, 0.1) is 6.92 Å². The third-order valence-electron chi connectivity index (χ3n) is 4.32. The first-order valence-electron chi connectivity index (χ1n) is 7.98. The lowest BCUT2D eigenvalue weighted by Crippen LogP contribution is -2.47. The summed E-state index contributed by atoms with van der Waals surface area (Å²) in [6.45, 7) is 2.66. The summed E-state index contributed by atoms with van der Waals surface area (Å²) in [7, 11) is 0. The Morgan fingerprint density at radius 3 is 2.78 bits per heavy atom. The number of carbonyl (C=O) groups excluding carboxylic acids is 1. The third kappa shape index (κ3) is 3.37. The lowest BCUT2D eigenvalue weighted by Gasteiger charge is -2.34. The smallest absolute Gasteiger partial charge is 0.322 e. The first-order valence-corrected chi connectivity index (χ1v) is 7.98. The van der Waals surface area contributed by atoms with Crippen molar-refractivity contribution in [1.82, 2.24) is 14.5 Å². The zero-order chi connectivity index (χ0) is 16.2. The van der Waals surface area contributed by atoms with Crippen molar-refractivity contribution in [2.75, 3.05) is 18.5 Å². The molecule has 1 fully saturated rings. The molecule has 23 heavy (non-hydrogen) atoms. The van der Waals surface area contributed by atoms with E-state index in [1.165, 1.54) is 0 Å². The van der Waals surface area contributed by atoms with Gasteiger partial charge in [-0.1, -0.05) is 0 Å². The van der Waals surface area contributed by atoms with Gasteiger partial charge in [0.05, 0.1) is 12.6 Å². The maximum atomic E-state index is 12.4. The Bertz CT molecular complexity index is 665. The SMILES string of the molecule is Cc1nccn1-c1ccc(NC(=O)N2CCCCC2CO)cc1. The molecule has 6 nitrogen and oxygen atoms in total. The number of aromatic nitrogens is 2. The van der Waals surface area contributed by atoms with Crippen LogP contribution in [0.4, 0.5) is 10.5 Å². The normalized spacial score (nSPS) is 18.0. The molecule has 122 valence electrons. The number of hydrogen-bond acceptors (Lipinski definition) is 3. The molecule has 6 heteroatoms. The van der Waals surface area contributed by atoms with Crippen LogP contribution in [0.15, 0.2) is 36.7 Å². The van der Waals surface area contributed by atoms with E-state index in [1.807, 2.05) is 42.0 Å². The molecule has 1 atom stereocenters. The Morgan fingerprint density at radius 1 is 1.35 bits per heavy atom. The molecule has 2 amide bonds. The second-order valence-corrected chi connectivity index (χ2v) is 5.85. The number of rotatable bonds is 3. The Balaban J connectivity index is 1.68. The number of urea groups is 1. The van der Waals surface area contributed by atoms with Gasteiger partial charge in [-0.3, -0.25) is 0 Å². The van der Waals surface area contributed by atoms with E-state index >= 15 is 0 Å². The van der Waals surface area contributed by atoms with Crippen molar-refractivity contribution < 1.29 is 9.90 Å². The van der Waals surface area contributed by atoms with Gasteiger partial charge in [-0.05, 0) is 50.5 Å². The molecule has 0 bridgehead atoms. The van der Waals surface area contributed by atoms with Crippen LogP contribution in [0.2, 0.25) is 0 Å². The number of aryl methyl sites for hydroxylation is 1. The fourth-order valence-electron chi connectivity index (χ4n) is 3.01. The number of hydrogen-bond donors (Lipinski definition) is 2. The summed E-state index contributed by atoms with van der Waals surface area (Å²) in [5, 5.41) is 12.3. The Kier molecular flexibility index (Phi) is 4.62. The molecule has 1 aromatic carbocycles. The Hall–Kier alpha value is -2.34. The number of likely N-dealkylation sites (tertiary alicyclic amines) is 1. The maximum absolute atomic E-state index is 12.4. The van der Waals surface area contributed by atoms with Crippen LogP contribution in [0.3, 0.4) is 0 Å². The monoisotopic (exact) mass is 314 g/mol. The topological polar surface area (TPSA) is 70.4 Å². The van der Waals surface area contributed by atoms with Crippen molar-refractivity contribution in [2.45, 2.75) is 32.2 Å². The van der Waals surface area contributed by atoms with Crippen LogP contribution in [0.1, 0.15) is 25.1 Å². The zero-order valence-corrected chi connectivity index (χ0v) is 13.3. The van der Waals surface area contributed by atoms with Gasteiger partial charge in [-0.25, -0.2) is 9.78 Å². The standard InChI is InChI=1S/C17H22N4O2/c1-13-18-9-11-20(13)15-7-5-14(6-8-15)19-17(23)21-10-3-2-4-16(21)12-22/h5-9,11,16,22H,2-4,10,12H2,1H3,(H,19,23). The first-order chi connectivity index (χ1) is 11.2. The summed E-state index contributed by atoms with van der Waals surface area (Å²) < 4.78 is 1.98. The van der Waals surface area contributed by atoms with E-state index in [2.05, 4.69) is 10.3 Å². The molecule has 1 aliphatic rings. The highest BCUT2D eigenvalue weighted by Crippen LogP contribution is 2.19. The van der Waals surface area contributed by atoms with Gasteiger partial charge in [0.25, 0.3) is 0 Å². The summed E-state index contributed by atoms with van der Waals surface area (Å²) >= 11 is 0. The fraction of sp³-hybridized carbons (Fsp3) is 0.412. The molecule has 1 saturated heterocycles. The molecule has 0 radical (unpaired) electrons. The minimum absolute atomic E-state index is 0.0201. The van der Waals surface area contributed by atoms with Crippen LogP contribution in [-0.2, 0) is 0 Å². The van der Waals surface area contributed by atoms with E-state index in [0.717, 1.165) is 36.5 Å². The van der Waals surface area contributed by atoms with E-state index in [0.29, 0.717) is 6.54 Å². The molecule has 1 aliphatic heterocycles. The van der Waals surface area contributed by atoms with Crippen LogP contribution < -0.4 is 5.32 Å². The van der Waals surface area contributed by atoms with Crippen LogP contribution >= 0.6 is 0 Å². The first kappa shape index (κ1) is 15.6. The highest BCUT2D eigenvalue weighted by molar-refractivity contribution is 5.89. The van der Waals surface area contributed by atoms with Gasteiger partial charge in [0.15, 0.2) is 0 Å². The second kappa shape index (κ2) is 6.83. The van der Waals surface area contributed by atoms with Gasteiger partial charge >= 0.3 is 6.03 Å². The van der Waals surface area contributed by atoms with Crippen LogP contribution in [0.25, 0.3) is 5.69 Å². The van der Waals surface area contributed by atoms with Crippen molar-refractivity contribution in [3.05, 3.63) is 42.5 Å². The van der Waals surface area contributed by atoms with Crippen molar-refractivity contribution in [3.63, 3.8) is 0 Å². The number of nitrogens with zero attached hydrogens (tertiary/aromatic N) is 3. The minimum atomic E-state index is -0.143. The van der Waals surface area contributed by atoms with E-state index < -0.39 is 0 Å². The summed E-state index contributed by atoms with van der Waals surface area (Å²) in [4.78, 5) is 18.3. The van der Waals surface area contributed by atoms with Gasteiger partial charge in [0, 0.05) is 30.3 Å². The number of benzene rings is 1. The zero-order valence-electron chi connectivity index (χ0n) is 13.3. The van der Waals surface area contributed by atoms with E-state index in [-0.39, 0.29) is 18.7 Å². The number of aliphatic hydroxyl groups excluding tert-OH is 1. The van der Waals surface area contributed by atoms with Crippen molar-refractivity contribution >= 4 is 11.7 Å². The average molecular weight is 314 g/mol. The maximum Gasteiger partial charge on any atom is 0.322 e. The summed E-state index contributed by atoms with van der Waals surface area (Å²) in [5.74, 6) is 0.917. The van der Waals surface area contributed by atoms with Gasteiger partial charge in [0.2, 0.25) is 0 Å². The predicted octanol–water partition coefficient (Wildman–Crippen LogP) is 2.56. The number of anilines is 1. The lowest BCUT2D eigenvalue weighted by atomic mass is 10.0. The molecule has 0 spiro atoms. The van der Waals surface area contributed by atoms with Crippen molar-refractivity contribution in [2.24, 2.45) is 0 Å². The van der Waals surface area contributed by atoms with Crippen molar-refractivity contribution in [1.29, 1.82) is 0 Å². The molecule has 1 unspecified atom stereocenters. The van der Waals surface area contributed by atoms with E-state index in [4.69, 9.17) is 0 Å². The van der Waals surface area contributed by atoms with Gasteiger partial charge in [0.1, 0.15) is 5.82 Å². The molecule has 2 N–H and O–H groups in total. The van der Waals surface area contributed by atoms with Gasteiger partial charge < -0.3 is 19.9 Å². The molecule has 3 rings (SSSR count). The Labute approximate surface area is 135 Å². The van der Waals surface area contributed by atoms with Gasteiger partial charge in [-0.15, -0.1) is 0 Å². The molecular formula is C17H22N4O2. The van der Waals surface area contributed by atoms with E-state index in [1.54, 1.807) is 11.1 Å². The summed E-state index contributed by atoms with van der Waals surface area (Å²) in [5.41, 5.74) is 1.75. The largest absolute Gasteiger partial charge is 0.394 e. The summed E-state index contributed by atoms with van der Waals surface area (Å²) in [6.07, 6.45) is 6.58. The van der Waals surface area contributed by atoms with E-state index in [9.17, 15) is 9.90 Å². The quantitative estimate of drug-likeness (QED) is 0.914. The molecule has 2 aromatic rings. The number of piperidine rings is 1. The summed E-state index contributed by atoms with van der Waals surface area (Å²) in [6, 6.07) is 7.44. The fourth-order valence-corrected chi connectivity index (χ4v) is 3.01. The second-order valence-electron chi connectivity index (χ2n) is 5.85. The molecule has 2 heterocycles. The number of imidazole rings is 1.